The number of carboxylic acid groups (broad SMARTS) is 1. The van der Waals surface area contributed by atoms with Gasteiger partial charge in [0, 0.05) is 17.3 Å². The van der Waals surface area contributed by atoms with Crippen molar-refractivity contribution in [2.45, 2.75) is 13.0 Å². The number of hydrogen-bond donors (Lipinski definition) is 2. The van der Waals surface area contributed by atoms with E-state index in [1.807, 2.05) is 25.1 Å². The third-order valence-electron chi connectivity index (χ3n) is 2.01. The smallest absolute Gasteiger partial charge is 0.328 e. The van der Waals surface area contributed by atoms with Crippen LogP contribution in [0.3, 0.4) is 0 Å². The number of carboxylic acids is 1. The van der Waals surface area contributed by atoms with Gasteiger partial charge >= 0.3 is 5.97 Å². The van der Waals surface area contributed by atoms with E-state index in [0.717, 1.165) is 15.7 Å². The SMILES string of the molecule is COCC(Nc1cc(C)cc(Br)c1)C(=O)O. The third kappa shape index (κ3) is 3.83. The zero-order valence-corrected chi connectivity index (χ0v) is 10.7. The summed E-state index contributed by atoms with van der Waals surface area (Å²) in [5.41, 5.74) is 1.81. The lowest BCUT2D eigenvalue weighted by molar-refractivity contribution is -0.139. The number of rotatable bonds is 5. The zero-order valence-electron chi connectivity index (χ0n) is 9.16. The molecule has 0 radical (unpaired) electrons. The summed E-state index contributed by atoms with van der Waals surface area (Å²) in [6.45, 7) is 2.07. The first-order valence-electron chi connectivity index (χ1n) is 4.78. The van der Waals surface area contributed by atoms with E-state index in [-0.39, 0.29) is 6.61 Å². The molecule has 16 heavy (non-hydrogen) atoms. The van der Waals surface area contributed by atoms with Gasteiger partial charge in [-0.15, -0.1) is 0 Å². The minimum Gasteiger partial charge on any atom is -0.480 e. The highest BCUT2D eigenvalue weighted by Gasteiger charge is 2.16. The second kappa shape index (κ2) is 5.86. The van der Waals surface area contributed by atoms with Crippen molar-refractivity contribution in [1.82, 2.24) is 0 Å². The quantitative estimate of drug-likeness (QED) is 0.872. The van der Waals surface area contributed by atoms with Gasteiger partial charge in [0.2, 0.25) is 0 Å². The molecule has 0 saturated heterocycles. The molecule has 1 aromatic rings. The molecule has 0 amide bonds. The van der Waals surface area contributed by atoms with E-state index in [2.05, 4.69) is 21.2 Å². The topological polar surface area (TPSA) is 58.6 Å². The van der Waals surface area contributed by atoms with Crippen molar-refractivity contribution < 1.29 is 14.6 Å². The van der Waals surface area contributed by atoms with Crippen LogP contribution in [0.4, 0.5) is 5.69 Å². The average molecular weight is 288 g/mol. The predicted molar refractivity (Wildman–Crippen MR) is 65.8 cm³/mol. The number of carbonyl (C=O) groups is 1. The molecule has 0 saturated carbocycles. The normalized spacial score (nSPS) is 12.2. The summed E-state index contributed by atoms with van der Waals surface area (Å²) in [6, 6.07) is 4.94. The Balaban J connectivity index is 2.80. The van der Waals surface area contributed by atoms with Crippen molar-refractivity contribution in [2.24, 2.45) is 0 Å². The fraction of sp³-hybridized carbons (Fsp3) is 0.364. The second-order valence-corrected chi connectivity index (χ2v) is 4.42. The molecular weight excluding hydrogens is 274 g/mol. The largest absolute Gasteiger partial charge is 0.480 e. The minimum atomic E-state index is -0.931. The molecule has 0 aliphatic rings. The number of halogens is 1. The van der Waals surface area contributed by atoms with Crippen LogP contribution in [-0.2, 0) is 9.53 Å². The predicted octanol–water partition coefficient (Wildman–Crippen LogP) is 2.27. The monoisotopic (exact) mass is 287 g/mol. The number of ether oxygens (including phenoxy) is 1. The first-order valence-corrected chi connectivity index (χ1v) is 5.57. The fourth-order valence-electron chi connectivity index (χ4n) is 1.36. The Morgan fingerprint density at radius 1 is 1.56 bits per heavy atom. The van der Waals surface area contributed by atoms with Gasteiger partial charge in [-0.1, -0.05) is 15.9 Å². The molecule has 0 aliphatic carbocycles. The summed E-state index contributed by atoms with van der Waals surface area (Å²) in [6.07, 6.45) is 0. The summed E-state index contributed by atoms with van der Waals surface area (Å²) in [5, 5.41) is 11.9. The van der Waals surface area contributed by atoms with Crippen LogP contribution in [0.5, 0.6) is 0 Å². The highest BCUT2D eigenvalue weighted by molar-refractivity contribution is 9.10. The van der Waals surface area contributed by atoms with Crippen LogP contribution in [0.15, 0.2) is 22.7 Å². The van der Waals surface area contributed by atoms with Gasteiger partial charge in [0.1, 0.15) is 6.04 Å². The Hall–Kier alpha value is -1.07. The van der Waals surface area contributed by atoms with Crippen molar-refractivity contribution in [1.29, 1.82) is 0 Å². The minimum absolute atomic E-state index is 0.126. The van der Waals surface area contributed by atoms with Crippen molar-refractivity contribution >= 4 is 27.6 Å². The van der Waals surface area contributed by atoms with Crippen LogP contribution >= 0.6 is 15.9 Å². The first-order chi connectivity index (χ1) is 7.52. The molecule has 5 heteroatoms. The fourth-order valence-corrected chi connectivity index (χ4v) is 1.97. The molecule has 0 aromatic heterocycles. The maximum Gasteiger partial charge on any atom is 0.328 e. The van der Waals surface area contributed by atoms with Crippen LogP contribution in [-0.4, -0.2) is 30.8 Å². The van der Waals surface area contributed by atoms with Crippen LogP contribution in [0.1, 0.15) is 5.56 Å². The van der Waals surface area contributed by atoms with Crippen molar-refractivity contribution in [3.8, 4) is 0 Å². The number of benzene rings is 1. The van der Waals surface area contributed by atoms with Gasteiger partial charge in [-0.2, -0.15) is 0 Å². The van der Waals surface area contributed by atoms with Crippen molar-refractivity contribution in [3.05, 3.63) is 28.2 Å². The Morgan fingerprint density at radius 2 is 2.25 bits per heavy atom. The number of anilines is 1. The van der Waals surface area contributed by atoms with E-state index in [4.69, 9.17) is 9.84 Å². The van der Waals surface area contributed by atoms with Gasteiger partial charge in [-0.25, -0.2) is 4.79 Å². The molecular formula is C11H14BrNO3. The molecule has 88 valence electrons. The lowest BCUT2D eigenvalue weighted by Crippen LogP contribution is -2.33. The van der Waals surface area contributed by atoms with Crippen molar-refractivity contribution in [3.63, 3.8) is 0 Å². The van der Waals surface area contributed by atoms with Gasteiger partial charge in [-0.05, 0) is 30.7 Å². The number of methoxy groups -OCH3 is 1. The Bertz CT molecular complexity index is 361. The zero-order chi connectivity index (χ0) is 12.1. The number of aliphatic carboxylic acids is 1. The van der Waals surface area contributed by atoms with E-state index in [1.54, 1.807) is 0 Å². The average Bonchev–Trinajstić information content (AvgIpc) is 2.15. The summed E-state index contributed by atoms with van der Waals surface area (Å²) in [5.74, 6) is -0.931. The van der Waals surface area contributed by atoms with Crippen molar-refractivity contribution in [2.75, 3.05) is 19.0 Å². The maximum atomic E-state index is 10.9. The summed E-state index contributed by atoms with van der Waals surface area (Å²) in [7, 11) is 1.48. The Morgan fingerprint density at radius 3 is 2.75 bits per heavy atom. The van der Waals surface area contributed by atoms with Crippen LogP contribution < -0.4 is 5.32 Å². The molecule has 2 N–H and O–H groups in total. The molecule has 1 atom stereocenters. The van der Waals surface area contributed by atoms with Crippen LogP contribution in [0.2, 0.25) is 0 Å². The molecule has 0 spiro atoms. The van der Waals surface area contributed by atoms with E-state index < -0.39 is 12.0 Å². The molecule has 0 aliphatic heterocycles. The first kappa shape index (κ1) is 13.0. The lowest BCUT2D eigenvalue weighted by atomic mass is 10.2. The number of nitrogens with one attached hydrogen (secondary N) is 1. The highest BCUT2D eigenvalue weighted by Crippen LogP contribution is 2.19. The maximum absolute atomic E-state index is 10.9. The molecule has 0 bridgehead atoms. The van der Waals surface area contributed by atoms with E-state index in [0.29, 0.717) is 0 Å². The highest BCUT2D eigenvalue weighted by atomic mass is 79.9. The van der Waals surface area contributed by atoms with Gasteiger partial charge in [0.15, 0.2) is 0 Å². The molecule has 1 unspecified atom stereocenters. The molecule has 1 aromatic carbocycles. The Labute approximate surface area is 103 Å². The molecule has 4 nitrogen and oxygen atoms in total. The summed E-state index contributed by atoms with van der Waals surface area (Å²) in [4.78, 5) is 10.9. The lowest BCUT2D eigenvalue weighted by Gasteiger charge is -2.15. The van der Waals surface area contributed by atoms with Crippen LogP contribution in [0, 0.1) is 6.92 Å². The second-order valence-electron chi connectivity index (χ2n) is 3.51. The third-order valence-corrected chi connectivity index (χ3v) is 2.47. The van der Waals surface area contributed by atoms with Gasteiger partial charge < -0.3 is 15.2 Å². The number of hydrogen-bond acceptors (Lipinski definition) is 3. The van der Waals surface area contributed by atoms with E-state index in [9.17, 15) is 4.79 Å². The van der Waals surface area contributed by atoms with Crippen LogP contribution in [0.25, 0.3) is 0 Å². The van der Waals surface area contributed by atoms with Gasteiger partial charge in [0.05, 0.1) is 6.61 Å². The van der Waals surface area contributed by atoms with Gasteiger partial charge in [0.25, 0.3) is 0 Å². The number of aryl methyl sites for hydroxylation is 1. The van der Waals surface area contributed by atoms with E-state index >= 15 is 0 Å². The molecule has 0 fully saturated rings. The molecule has 1 rings (SSSR count). The molecule has 0 heterocycles. The van der Waals surface area contributed by atoms with Gasteiger partial charge in [-0.3, -0.25) is 0 Å². The standard InChI is InChI=1S/C11H14BrNO3/c1-7-3-8(12)5-9(4-7)13-10(6-16-2)11(14)15/h3-5,10,13H,6H2,1-2H3,(H,14,15). The Kier molecular flexibility index (Phi) is 4.76. The summed E-state index contributed by atoms with van der Waals surface area (Å²) >= 11 is 3.36. The van der Waals surface area contributed by atoms with E-state index in [1.165, 1.54) is 7.11 Å². The summed E-state index contributed by atoms with van der Waals surface area (Å²) < 4.78 is 5.76.